The summed E-state index contributed by atoms with van der Waals surface area (Å²) in [6, 6.07) is 5.93. The third-order valence-electron chi connectivity index (χ3n) is 8.30. The predicted molar refractivity (Wildman–Crippen MR) is 180 cm³/mol. The highest BCUT2D eigenvalue weighted by Crippen LogP contribution is 2.46. The van der Waals surface area contributed by atoms with Gasteiger partial charge < -0.3 is 24.2 Å². The van der Waals surface area contributed by atoms with E-state index in [-0.39, 0.29) is 24.1 Å². The molecule has 0 radical (unpaired) electrons. The number of aliphatic imine (C=N–C) groups is 1. The minimum Gasteiger partial charge on any atom is -0.489 e. The molecule has 0 aliphatic carbocycles. The Morgan fingerprint density at radius 3 is 2.43 bits per heavy atom. The molecule has 0 unspecified atom stereocenters. The Bertz CT molecular complexity index is 1400. The lowest BCUT2D eigenvalue weighted by Gasteiger charge is -2.42. The third kappa shape index (κ3) is 8.11. The Morgan fingerprint density at radius 2 is 1.89 bits per heavy atom. The third-order valence-corrected chi connectivity index (χ3v) is 8.30. The number of piperazine rings is 1. The first kappa shape index (κ1) is 36.6. The van der Waals surface area contributed by atoms with Gasteiger partial charge in [0.15, 0.2) is 5.75 Å². The molecule has 0 spiro atoms. The van der Waals surface area contributed by atoms with Crippen LogP contribution in [-0.4, -0.2) is 112 Å². The number of amides is 2. The highest BCUT2D eigenvalue weighted by Gasteiger charge is 2.34. The molecule has 2 aromatic carbocycles. The number of hydrogen-bond donors (Lipinski definition) is 0. The van der Waals surface area contributed by atoms with Crippen molar-refractivity contribution in [3.63, 3.8) is 0 Å². The van der Waals surface area contributed by atoms with Crippen LogP contribution in [0.4, 0.5) is 14.5 Å². The monoisotopic (exact) mass is 641 g/mol. The average Bonchev–Trinajstić information content (AvgIpc) is 3.02. The number of hydrogen-bond acceptors (Lipinski definition) is 6. The van der Waals surface area contributed by atoms with E-state index < -0.39 is 11.6 Å². The van der Waals surface area contributed by atoms with Crippen molar-refractivity contribution in [3.8, 4) is 16.9 Å². The minimum atomic E-state index is -0.712. The summed E-state index contributed by atoms with van der Waals surface area (Å²) in [4.78, 5) is 36.5. The predicted octanol–water partition coefficient (Wildman–Crippen LogP) is 5.14. The molecule has 2 aromatic rings. The van der Waals surface area contributed by atoms with Crippen LogP contribution >= 0.6 is 0 Å². The van der Waals surface area contributed by atoms with Crippen LogP contribution in [0.2, 0.25) is 0 Å². The maximum Gasteiger partial charge on any atom is 0.246 e. The van der Waals surface area contributed by atoms with E-state index in [2.05, 4.69) is 35.3 Å². The Kier molecular flexibility index (Phi) is 13.7. The molecular weight excluding hydrogens is 592 g/mol. The van der Waals surface area contributed by atoms with Gasteiger partial charge in [-0.25, -0.2) is 8.78 Å². The average molecular weight is 642 g/mol. The van der Waals surface area contributed by atoms with Gasteiger partial charge in [-0.05, 0) is 63.7 Å². The number of halogens is 2. The van der Waals surface area contributed by atoms with Crippen LogP contribution in [0, 0.1) is 18.6 Å². The number of amidine groups is 1. The van der Waals surface area contributed by atoms with Crippen LogP contribution in [0.25, 0.3) is 11.1 Å². The molecule has 3 aliphatic rings. The summed E-state index contributed by atoms with van der Waals surface area (Å²) in [6.07, 6.45) is 3.28. The van der Waals surface area contributed by atoms with Crippen molar-refractivity contribution in [1.29, 1.82) is 0 Å². The van der Waals surface area contributed by atoms with E-state index in [9.17, 15) is 18.4 Å². The molecule has 2 amide bonds. The lowest BCUT2D eigenvalue weighted by Crippen LogP contribution is -2.55. The van der Waals surface area contributed by atoms with Gasteiger partial charge in [0.1, 0.15) is 24.1 Å². The number of nitrogens with zero attached hydrogens (tertiary/aromatic N) is 5. The zero-order chi connectivity index (χ0) is 34.0. The molecule has 5 rings (SSSR count). The Balaban J connectivity index is 0.000000446. The molecular formula is C35H49F2N5O4. The quantitative estimate of drug-likeness (QED) is 0.180. The first-order valence-corrected chi connectivity index (χ1v) is 16.1. The van der Waals surface area contributed by atoms with Crippen LogP contribution < -0.4 is 9.64 Å². The molecule has 0 aromatic heterocycles. The number of aryl methyl sites for hydroxylation is 1. The van der Waals surface area contributed by atoms with Crippen molar-refractivity contribution >= 4 is 23.8 Å². The molecule has 252 valence electrons. The van der Waals surface area contributed by atoms with Gasteiger partial charge in [-0.15, -0.1) is 0 Å². The molecule has 3 aliphatic heterocycles. The van der Waals surface area contributed by atoms with Gasteiger partial charge in [0.05, 0.1) is 31.5 Å². The van der Waals surface area contributed by atoms with Gasteiger partial charge >= 0.3 is 0 Å². The van der Waals surface area contributed by atoms with Crippen LogP contribution in [-0.2, 0) is 14.3 Å². The molecule has 2 saturated heterocycles. The number of fused-ring (bicyclic) bond motifs is 1. The highest BCUT2D eigenvalue weighted by atomic mass is 19.1. The number of benzene rings is 2. The largest absolute Gasteiger partial charge is 0.489 e. The molecule has 2 fully saturated rings. The van der Waals surface area contributed by atoms with Crippen molar-refractivity contribution in [3.05, 3.63) is 59.7 Å². The van der Waals surface area contributed by atoms with E-state index in [1.807, 2.05) is 33.8 Å². The molecule has 11 heteroatoms. The normalized spacial score (nSPS) is 17.9. The van der Waals surface area contributed by atoms with Gasteiger partial charge in [-0.1, -0.05) is 27.4 Å². The second-order valence-corrected chi connectivity index (χ2v) is 11.3. The van der Waals surface area contributed by atoms with Crippen molar-refractivity contribution < 1.29 is 27.8 Å². The second-order valence-electron chi connectivity index (χ2n) is 11.3. The van der Waals surface area contributed by atoms with Crippen molar-refractivity contribution in [2.24, 2.45) is 4.99 Å². The molecule has 0 saturated carbocycles. The fourth-order valence-corrected chi connectivity index (χ4v) is 5.88. The van der Waals surface area contributed by atoms with E-state index in [1.165, 1.54) is 36.1 Å². The Morgan fingerprint density at radius 1 is 1.17 bits per heavy atom. The maximum absolute atomic E-state index is 14.8. The van der Waals surface area contributed by atoms with Gasteiger partial charge in [-0.3, -0.25) is 19.5 Å². The number of carbonyl (C=O) groups excluding carboxylic acids is 2. The van der Waals surface area contributed by atoms with Gasteiger partial charge in [0.25, 0.3) is 0 Å². The second kappa shape index (κ2) is 17.2. The van der Waals surface area contributed by atoms with Crippen LogP contribution in [0.3, 0.4) is 0 Å². The Hall–Kier alpha value is -3.83. The maximum atomic E-state index is 14.8. The van der Waals surface area contributed by atoms with E-state index in [1.54, 1.807) is 11.9 Å². The molecule has 0 N–H and O–H groups in total. The summed E-state index contributed by atoms with van der Waals surface area (Å²) in [7, 11) is 3.84. The Labute approximate surface area is 272 Å². The van der Waals surface area contributed by atoms with E-state index in [0.29, 0.717) is 66.2 Å². The van der Waals surface area contributed by atoms with Crippen molar-refractivity contribution in [2.45, 2.75) is 53.1 Å². The summed E-state index contributed by atoms with van der Waals surface area (Å²) in [5.41, 5.74) is 2.53. The van der Waals surface area contributed by atoms with Crippen LogP contribution in [0.1, 0.15) is 45.2 Å². The number of carbonyl (C=O) groups is 2. The molecule has 46 heavy (non-hydrogen) atoms. The van der Waals surface area contributed by atoms with Crippen molar-refractivity contribution in [2.75, 3.05) is 71.5 Å². The summed E-state index contributed by atoms with van der Waals surface area (Å²) in [6.45, 7) is 18.8. The highest BCUT2D eigenvalue weighted by molar-refractivity contribution is 6.09. The number of likely N-dealkylation sites (N-methyl/N-ethyl adjacent to an activating group) is 1. The smallest absolute Gasteiger partial charge is 0.246 e. The van der Waals surface area contributed by atoms with E-state index in [4.69, 9.17) is 9.47 Å². The topological polar surface area (TPSA) is 77.9 Å². The van der Waals surface area contributed by atoms with Gasteiger partial charge in [0, 0.05) is 55.5 Å². The first-order chi connectivity index (χ1) is 22.1. The standard InChI is InChI=1S/C26H28F2N4O3.C7H15NO.C2H6/c1-5-22(34)30-8-9-32(17(3)14-30)26(29-4)20-12-16(2)23(19-7-6-18(27)13-21(19)28)25-24(20)31(15-33)10-11-35-25;1-3-4-8(2)7-5-9-6-7;1-2/h5-7,12-13,15,17H,1,8-11,14H2,2-4H3;7H,3-6H2,1-2H3;1-2H3/t17-;;/m0../s1. The summed E-state index contributed by atoms with van der Waals surface area (Å²) in [5.74, 6) is -0.501. The van der Waals surface area contributed by atoms with Crippen LogP contribution in [0.5, 0.6) is 5.75 Å². The number of anilines is 1. The van der Waals surface area contributed by atoms with Gasteiger partial charge in [-0.2, -0.15) is 0 Å². The molecule has 0 bridgehead atoms. The number of rotatable bonds is 7. The number of ether oxygens (including phenoxy) is 2. The molecule has 3 heterocycles. The molecule has 9 nitrogen and oxygen atoms in total. The summed E-state index contributed by atoms with van der Waals surface area (Å²) in [5, 5.41) is 0. The van der Waals surface area contributed by atoms with Crippen molar-refractivity contribution in [1.82, 2.24) is 14.7 Å². The summed E-state index contributed by atoms with van der Waals surface area (Å²) < 4.78 is 39.5. The first-order valence-electron chi connectivity index (χ1n) is 16.1. The lowest BCUT2D eigenvalue weighted by molar-refractivity contribution is -0.128. The SMILES string of the molecule is C=CC(=O)N1CCN(C(=NC)c2cc(C)c(-c3ccc(F)cc3F)c3c2N(C=O)CCO3)[C@@H](C)C1.CC.CCCN(C)C1COC1. The lowest BCUT2D eigenvalue weighted by atomic mass is 9.93. The zero-order valence-corrected chi connectivity index (χ0v) is 28.3. The summed E-state index contributed by atoms with van der Waals surface area (Å²) >= 11 is 0. The zero-order valence-electron chi connectivity index (χ0n) is 28.3. The van der Waals surface area contributed by atoms with Gasteiger partial charge in [0.2, 0.25) is 12.3 Å². The minimum absolute atomic E-state index is 0.0503. The van der Waals surface area contributed by atoms with E-state index in [0.717, 1.165) is 25.7 Å². The fraction of sp³-hybridized carbons (Fsp3) is 0.514. The fourth-order valence-electron chi connectivity index (χ4n) is 5.88. The van der Waals surface area contributed by atoms with Crippen LogP contribution in [0.15, 0.2) is 41.9 Å². The van der Waals surface area contributed by atoms with E-state index >= 15 is 0 Å². The molecule has 1 atom stereocenters.